The van der Waals surface area contributed by atoms with Crippen molar-refractivity contribution >= 4 is 21.9 Å². The predicted molar refractivity (Wildman–Crippen MR) is 74.8 cm³/mol. The second-order valence-corrected chi connectivity index (χ2v) is 5.58. The lowest BCUT2D eigenvalue weighted by Crippen LogP contribution is -2.32. The van der Waals surface area contributed by atoms with E-state index in [2.05, 4.69) is 9.44 Å². The maximum Gasteiger partial charge on any atom is 0.303 e. The van der Waals surface area contributed by atoms with Gasteiger partial charge in [-0.1, -0.05) is 12.1 Å². The molecule has 0 aromatic heterocycles. The van der Waals surface area contributed by atoms with Gasteiger partial charge in [0.05, 0.1) is 6.61 Å². The number of carboxylic acids is 1. The van der Waals surface area contributed by atoms with Crippen molar-refractivity contribution in [3.63, 3.8) is 0 Å². The first-order chi connectivity index (χ1) is 9.43. The minimum Gasteiger partial charge on any atom is -0.481 e. The zero-order valence-corrected chi connectivity index (χ0v) is 11.9. The van der Waals surface area contributed by atoms with E-state index in [1.54, 1.807) is 24.3 Å². The van der Waals surface area contributed by atoms with Gasteiger partial charge in [-0.15, -0.1) is 0 Å². The van der Waals surface area contributed by atoms with Gasteiger partial charge in [0.15, 0.2) is 0 Å². The van der Waals surface area contributed by atoms with Gasteiger partial charge in [-0.25, -0.2) is 0 Å². The molecule has 0 fully saturated rings. The molecular weight excluding hydrogens is 284 g/mol. The summed E-state index contributed by atoms with van der Waals surface area (Å²) in [5, 5.41) is 8.57. The van der Waals surface area contributed by atoms with Crippen LogP contribution in [0.4, 0.5) is 5.69 Å². The van der Waals surface area contributed by atoms with Crippen LogP contribution in [0.3, 0.4) is 0 Å². The molecule has 0 radical (unpaired) electrons. The highest BCUT2D eigenvalue weighted by Crippen LogP contribution is 2.12. The number of ether oxygens (including phenoxy) is 1. The second kappa shape index (κ2) is 7.83. The highest BCUT2D eigenvalue weighted by atomic mass is 32.2. The summed E-state index contributed by atoms with van der Waals surface area (Å²) < 4.78 is 32.7. The van der Waals surface area contributed by atoms with Crippen molar-refractivity contribution < 1.29 is 23.1 Å². The fraction of sp³-hybridized carbons (Fsp3) is 0.417. The number of methoxy groups -OCH3 is 1. The molecule has 0 aliphatic carbocycles. The fourth-order valence-corrected chi connectivity index (χ4v) is 2.33. The first kappa shape index (κ1) is 16.4. The van der Waals surface area contributed by atoms with E-state index in [1.807, 2.05) is 0 Å². The zero-order valence-electron chi connectivity index (χ0n) is 11.1. The minimum atomic E-state index is -3.62. The number of benzene rings is 1. The van der Waals surface area contributed by atoms with E-state index in [-0.39, 0.29) is 19.6 Å². The van der Waals surface area contributed by atoms with Gasteiger partial charge in [-0.3, -0.25) is 9.52 Å². The van der Waals surface area contributed by atoms with Crippen LogP contribution < -0.4 is 9.44 Å². The number of carboxylic acid groups (broad SMARTS) is 1. The number of rotatable bonds is 9. The standard InChI is InChI=1S/C12H18N2O5S/c1-19-9-8-13-20(17,18)14-11-5-2-10(3-6-11)4-7-12(15)16/h2-3,5-6,13-14H,4,7-9H2,1H3,(H,15,16). The van der Waals surface area contributed by atoms with Gasteiger partial charge in [-0.05, 0) is 24.1 Å². The Morgan fingerprint density at radius 1 is 1.30 bits per heavy atom. The number of aliphatic carboxylic acids is 1. The van der Waals surface area contributed by atoms with E-state index < -0.39 is 16.2 Å². The summed E-state index contributed by atoms with van der Waals surface area (Å²) in [6, 6.07) is 6.56. The molecule has 0 bridgehead atoms. The predicted octanol–water partition coefficient (Wildman–Crippen LogP) is 0.596. The van der Waals surface area contributed by atoms with Crippen molar-refractivity contribution in [3.8, 4) is 0 Å². The fourth-order valence-electron chi connectivity index (χ4n) is 1.46. The molecule has 112 valence electrons. The van der Waals surface area contributed by atoms with E-state index in [9.17, 15) is 13.2 Å². The largest absolute Gasteiger partial charge is 0.481 e. The molecule has 0 saturated carbocycles. The first-order valence-electron chi connectivity index (χ1n) is 6.00. The molecule has 0 aliphatic heterocycles. The normalized spacial score (nSPS) is 11.2. The van der Waals surface area contributed by atoms with E-state index in [4.69, 9.17) is 9.84 Å². The third-order valence-electron chi connectivity index (χ3n) is 2.43. The van der Waals surface area contributed by atoms with Crippen LogP contribution in [0.5, 0.6) is 0 Å². The number of aryl methyl sites for hydroxylation is 1. The van der Waals surface area contributed by atoms with Crippen LogP contribution in [0.1, 0.15) is 12.0 Å². The molecule has 0 unspecified atom stereocenters. The monoisotopic (exact) mass is 302 g/mol. The average molecular weight is 302 g/mol. The number of anilines is 1. The maximum absolute atomic E-state index is 11.6. The van der Waals surface area contributed by atoms with Gasteiger partial charge in [0, 0.05) is 25.8 Å². The molecule has 0 heterocycles. The summed E-state index contributed by atoms with van der Waals surface area (Å²) in [6.45, 7) is 0.470. The van der Waals surface area contributed by atoms with E-state index in [0.29, 0.717) is 12.1 Å². The third kappa shape index (κ3) is 6.50. The Labute approximate surface area is 118 Å². The van der Waals surface area contributed by atoms with Crippen molar-refractivity contribution in [1.82, 2.24) is 4.72 Å². The molecule has 8 heteroatoms. The quantitative estimate of drug-likeness (QED) is 0.579. The molecule has 0 amide bonds. The van der Waals surface area contributed by atoms with E-state index >= 15 is 0 Å². The van der Waals surface area contributed by atoms with Gasteiger partial charge in [0.25, 0.3) is 10.2 Å². The molecule has 1 aromatic rings. The Bertz CT molecular complexity index is 527. The Hall–Kier alpha value is -1.64. The van der Waals surface area contributed by atoms with E-state index in [0.717, 1.165) is 5.56 Å². The number of carbonyl (C=O) groups is 1. The van der Waals surface area contributed by atoms with Crippen LogP contribution >= 0.6 is 0 Å². The molecule has 3 N–H and O–H groups in total. The molecular formula is C12H18N2O5S. The molecule has 0 saturated heterocycles. The number of nitrogens with one attached hydrogen (secondary N) is 2. The van der Waals surface area contributed by atoms with Crippen LogP contribution in [0.25, 0.3) is 0 Å². The van der Waals surface area contributed by atoms with Crippen molar-refractivity contribution in [1.29, 1.82) is 0 Å². The van der Waals surface area contributed by atoms with Crippen LogP contribution in [0.15, 0.2) is 24.3 Å². The zero-order chi connectivity index (χ0) is 15.0. The Morgan fingerprint density at radius 3 is 2.50 bits per heavy atom. The van der Waals surface area contributed by atoms with Crippen molar-refractivity contribution in [2.24, 2.45) is 0 Å². The van der Waals surface area contributed by atoms with Gasteiger partial charge < -0.3 is 9.84 Å². The molecule has 1 rings (SSSR count). The van der Waals surface area contributed by atoms with Gasteiger partial charge in [0.2, 0.25) is 0 Å². The Kier molecular flexibility index (Phi) is 6.43. The Balaban J connectivity index is 2.54. The third-order valence-corrected chi connectivity index (χ3v) is 3.52. The highest BCUT2D eigenvalue weighted by Gasteiger charge is 2.08. The lowest BCUT2D eigenvalue weighted by molar-refractivity contribution is -0.136. The molecule has 0 spiro atoms. The number of hydrogen-bond donors (Lipinski definition) is 3. The maximum atomic E-state index is 11.6. The first-order valence-corrected chi connectivity index (χ1v) is 7.48. The summed E-state index contributed by atoms with van der Waals surface area (Å²) in [5.41, 5.74) is 1.25. The van der Waals surface area contributed by atoms with E-state index in [1.165, 1.54) is 7.11 Å². The summed E-state index contributed by atoms with van der Waals surface area (Å²) in [7, 11) is -2.14. The van der Waals surface area contributed by atoms with Crippen LogP contribution in [-0.2, 0) is 26.2 Å². The van der Waals surface area contributed by atoms with Crippen LogP contribution in [0.2, 0.25) is 0 Å². The van der Waals surface area contributed by atoms with Crippen molar-refractivity contribution in [2.75, 3.05) is 25.0 Å². The minimum absolute atomic E-state index is 0.0453. The number of hydrogen-bond acceptors (Lipinski definition) is 4. The summed E-state index contributed by atoms with van der Waals surface area (Å²) >= 11 is 0. The second-order valence-electron chi connectivity index (χ2n) is 4.08. The summed E-state index contributed by atoms with van der Waals surface area (Å²) in [6.07, 6.45) is 0.456. The van der Waals surface area contributed by atoms with Crippen LogP contribution in [0, 0.1) is 0 Å². The Morgan fingerprint density at radius 2 is 1.95 bits per heavy atom. The average Bonchev–Trinajstić information content (AvgIpc) is 2.37. The molecule has 0 atom stereocenters. The van der Waals surface area contributed by atoms with Gasteiger partial charge >= 0.3 is 5.97 Å². The topological polar surface area (TPSA) is 105 Å². The molecule has 20 heavy (non-hydrogen) atoms. The molecule has 1 aromatic carbocycles. The lowest BCUT2D eigenvalue weighted by Gasteiger charge is -2.09. The highest BCUT2D eigenvalue weighted by molar-refractivity contribution is 7.90. The summed E-state index contributed by atoms with van der Waals surface area (Å²) in [5.74, 6) is -0.864. The van der Waals surface area contributed by atoms with Gasteiger partial charge in [0.1, 0.15) is 0 Å². The molecule has 7 nitrogen and oxygen atoms in total. The SMILES string of the molecule is COCCNS(=O)(=O)Nc1ccc(CCC(=O)O)cc1. The lowest BCUT2D eigenvalue weighted by atomic mass is 10.1. The van der Waals surface area contributed by atoms with Crippen LogP contribution in [-0.4, -0.2) is 39.8 Å². The smallest absolute Gasteiger partial charge is 0.303 e. The van der Waals surface area contributed by atoms with Gasteiger partial charge in [-0.2, -0.15) is 13.1 Å². The summed E-state index contributed by atoms with van der Waals surface area (Å²) in [4.78, 5) is 10.4. The van der Waals surface area contributed by atoms with Crippen molar-refractivity contribution in [3.05, 3.63) is 29.8 Å². The molecule has 0 aliphatic rings. The van der Waals surface area contributed by atoms with Crippen molar-refractivity contribution in [2.45, 2.75) is 12.8 Å².